The average Bonchev–Trinajstić information content (AvgIpc) is 2.44. The number of carboxylic acid groups (broad SMARTS) is 1. The van der Waals surface area contributed by atoms with Crippen molar-refractivity contribution in [2.24, 2.45) is 0 Å². The van der Waals surface area contributed by atoms with Gasteiger partial charge in [0.2, 0.25) is 0 Å². The molecular formula is C15H16N2O5. The zero-order chi connectivity index (χ0) is 16.3. The van der Waals surface area contributed by atoms with Crippen molar-refractivity contribution in [3.63, 3.8) is 0 Å². The standard InChI is InChI=1S/C15H16N2O5/c1-8(2)22-10-3-4-11-9(5-10)6-16-13(14(11)20)15(21)17-7-12(18)19/h3-6,8,20H,7H2,1-2H3,(H,17,21)(H,18,19). The van der Waals surface area contributed by atoms with Gasteiger partial charge in [0.05, 0.1) is 6.10 Å². The monoisotopic (exact) mass is 304 g/mol. The molecule has 0 saturated heterocycles. The van der Waals surface area contributed by atoms with Crippen LogP contribution in [-0.4, -0.2) is 39.7 Å². The highest BCUT2D eigenvalue weighted by Crippen LogP contribution is 2.30. The highest BCUT2D eigenvalue weighted by molar-refractivity contribution is 6.02. The number of aliphatic carboxylic acids is 1. The second-order valence-electron chi connectivity index (χ2n) is 4.95. The molecule has 2 aromatic rings. The molecule has 22 heavy (non-hydrogen) atoms. The first-order valence-corrected chi connectivity index (χ1v) is 6.67. The summed E-state index contributed by atoms with van der Waals surface area (Å²) in [6, 6.07) is 5.01. The Bertz CT molecular complexity index is 727. The number of pyridine rings is 1. The highest BCUT2D eigenvalue weighted by atomic mass is 16.5. The number of benzene rings is 1. The predicted molar refractivity (Wildman–Crippen MR) is 79.1 cm³/mol. The molecule has 0 fully saturated rings. The van der Waals surface area contributed by atoms with Gasteiger partial charge < -0.3 is 20.3 Å². The van der Waals surface area contributed by atoms with Crippen molar-refractivity contribution in [1.82, 2.24) is 10.3 Å². The van der Waals surface area contributed by atoms with Crippen LogP contribution in [0.25, 0.3) is 10.8 Å². The minimum atomic E-state index is -1.18. The highest BCUT2D eigenvalue weighted by Gasteiger charge is 2.16. The maximum Gasteiger partial charge on any atom is 0.322 e. The van der Waals surface area contributed by atoms with Gasteiger partial charge in [-0.2, -0.15) is 0 Å². The average molecular weight is 304 g/mol. The minimum Gasteiger partial charge on any atom is -0.505 e. The van der Waals surface area contributed by atoms with E-state index >= 15 is 0 Å². The molecule has 1 aromatic heterocycles. The number of nitrogens with one attached hydrogen (secondary N) is 1. The third-order valence-corrected chi connectivity index (χ3v) is 2.82. The van der Waals surface area contributed by atoms with Crippen LogP contribution in [0, 0.1) is 0 Å². The van der Waals surface area contributed by atoms with Gasteiger partial charge in [0.25, 0.3) is 5.91 Å². The first kappa shape index (κ1) is 15.6. The lowest BCUT2D eigenvalue weighted by molar-refractivity contribution is -0.135. The van der Waals surface area contributed by atoms with E-state index in [0.29, 0.717) is 16.5 Å². The van der Waals surface area contributed by atoms with Crippen molar-refractivity contribution in [3.05, 3.63) is 30.1 Å². The van der Waals surface area contributed by atoms with Gasteiger partial charge >= 0.3 is 5.97 Å². The number of carbonyl (C=O) groups excluding carboxylic acids is 1. The Kier molecular flexibility index (Phi) is 4.45. The molecule has 0 radical (unpaired) electrons. The topological polar surface area (TPSA) is 109 Å². The molecule has 0 atom stereocenters. The summed E-state index contributed by atoms with van der Waals surface area (Å²) in [6.07, 6.45) is 1.44. The van der Waals surface area contributed by atoms with E-state index in [9.17, 15) is 14.7 Å². The number of aromatic nitrogens is 1. The number of nitrogens with zero attached hydrogens (tertiary/aromatic N) is 1. The smallest absolute Gasteiger partial charge is 0.322 e. The number of fused-ring (bicyclic) bond motifs is 1. The first-order valence-electron chi connectivity index (χ1n) is 6.67. The van der Waals surface area contributed by atoms with E-state index in [2.05, 4.69) is 10.3 Å². The number of carboxylic acids is 1. The summed E-state index contributed by atoms with van der Waals surface area (Å²) in [5.41, 5.74) is -0.216. The Morgan fingerprint density at radius 2 is 2.09 bits per heavy atom. The van der Waals surface area contributed by atoms with Gasteiger partial charge in [-0.05, 0) is 32.0 Å². The lowest BCUT2D eigenvalue weighted by Gasteiger charge is -2.11. The van der Waals surface area contributed by atoms with Crippen molar-refractivity contribution >= 4 is 22.6 Å². The predicted octanol–water partition coefficient (Wildman–Crippen LogP) is 1.54. The van der Waals surface area contributed by atoms with Gasteiger partial charge in [-0.25, -0.2) is 4.98 Å². The third kappa shape index (κ3) is 3.43. The van der Waals surface area contributed by atoms with E-state index in [-0.39, 0.29) is 17.5 Å². The summed E-state index contributed by atoms with van der Waals surface area (Å²) < 4.78 is 5.55. The number of carbonyl (C=O) groups is 2. The summed E-state index contributed by atoms with van der Waals surface area (Å²) in [5.74, 6) is -1.59. The van der Waals surface area contributed by atoms with E-state index in [4.69, 9.17) is 9.84 Å². The Morgan fingerprint density at radius 1 is 1.36 bits per heavy atom. The van der Waals surface area contributed by atoms with E-state index in [1.54, 1.807) is 18.2 Å². The maximum atomic E-state index is 11.8. The molecule has 7 heteroatoms. The molecule has 0 spiro atoms. The van der Waals surface area contributed by atoms with Crippen molar-refractivity contribution < 1.29 is 24.5 Å². The normalized spacial score (nSPS) is 10.7. The molecule has 7 nitrogen and oxygen atoms in total. The molecule has 0 aliphatic heterocycles. The molecule has 1 heterocycles. The summed E-state index contributed by atoms with van der Waals surface area (Å²) in [5, 5.41) is 21.9. The largest absolute Gasteiger partial charge is 0.505 e. The van der Waals surface area contributed by atoms with E-state index in [0.717, 1.165) is 0 Å². The third-order valence-electron chi connectivity index (χ3n) is 2.82. The van der Waals surface area contributed by atoms with Gasteiger partial charge in [-0.1, -0.05) is 0 Å². The molecule has 1 amide bonds. The van der Waals surface area contributed by atoms with Crippen LogP contribution in [0.4, 0.5) is 0 Å². The SMILES string of the molecule is CC(C)Oc1ccc2c(O)c(C(=O)NCC(=O)O)ncc2c1. The van der Waals surface area contributed by atoms with Crippen LogP contribution in [0.3, 0.4) is 0 Å². The Hall–Kier alpha value is -2.83. The Labute approximate surface area is 126 Å². The van der Waals surface area contributed by atoms with Crippen molar-refractivity contribution in [2.45, 2.75) is 20.0 Å². The van der Waals surface area contributed by atoms with Crippen molar-refractivity contribution in [3.8, 4) is 11.5 Å². The number of aromatic hydroxyl groups is 1. The molecule has 1 aromatic carbocycles. The number of ether oxygens (including phenoxy) is 1. The lowest BCUT2D eigenvalue weighted by Crippen LogP contribution is -2.29. The van der Waals surface area contributed by atoms with Gasteiger partial charge in [0.15, 0.2) is 11.4 Å². The zero-order valence-electron chi connectivity index (χ0n) is 12.2. The summed E-state index contributed by atoms with van der Waals surface area (Å²) in [6.45, 7) is 3.25. The lowest BCUT2D eigenvalue weighted by atomic mass is 10.1. The molecule has 0 aliphatic carbocycles. The van der Waals surface area contributed by atoms with Crippen LogP contribution in [0.2, 0.25) is 0 Å². The fraction of sp³-hybridized carbons (Fsp3) is 0.267. The molecule has 0 saturated carbocycles. The Balaban J connectivity index is 2.34. The summed E-state index contributed by atoms with van der Waals surface area (Å²) >= 11 is 0. The molecular weight excluding hydrogens is 288 g/mol. The second-order valence-corrected chi connectivity index (χ2v) is 4.95. The summed E-state index contributed by atoms with van der Waals surface area (Å²) in [4.78, 5) is 26.1. The van der Waals surface area contributed by atoms with Crippen LogP contribution in [0.1, 0.15) is 24.3 Å². The van der Waals surface area contributed by atoms with Gasteiger partial charge in [0.1, 0.15) is 12.3 Å². The van der Waals surface area contributed by atoms with Crippen LogP contribution in [0.5, 0.6) is 11.5 Å². The maximum absolute atomic E-state index is 11.8. The number of hydrogen-bond donors (Lipinski definition) is 3. The van der Waals surface area contributed by atoms with Crippen LogP contribution < -0.4 is 10.1 Å². The molecule has 0 aliphatic rings. The molecule has 0 unspecified atom stereocenters. The molecule has 3 N–H and O–H groups in total. The van der Waals surface area contributed by atoms with E-state index < -0.39 is 18.4 Å². The van der Waals surface area contributed by atoms with E-state index in [1.807, 2.05) is 13.8 Å². The fourth-order valence-electron chi connectivity index (χ4n) is 1.94. The van der Waals surface area contributed by atoms with Gasteiger partial charge in [-0.15, -0.1) is 0 Å². The number of hydrogen-bond acceptors (Lipinski definition) is 5. The van der Waals surface area contributed by atoms with Crippen LogP contribution in [0.15, 0.2) is 24.4 Å². The second kappa shape index (κ2) is 6.30. The van der Waals surface area contributed by atoms with E-state index in [1.165, 1.54) is 6.20 Å². The molecule has 0 bridgehead atoms. The first-order chi connectivity index (χ1) is 10.4. The molecule has 116 valence electrons. The van der Waals surface area contributed by atoms with Crippen LogP contribution in [-0.2, 0) is 4.79 Å². The van der Waals surface area contributed by atoms with Crippen molar-refractivity contribution in [2.75, 3.05) is 6.54 Å². The molecule has 2 rings (SSSR count). The van der Waals surface area contributed by atoms with Gasteiger partial charge in [0, 0.05) is 17.0 Å². The number of amides is 1. The summed E-state index contributed by atoms with van der Waals surface area (Å²) in [7, 11) is 0. The fourth-order valence-corrected chi connectivity index (χ4v) is 1.94. The quantitative estimate of drug-likeness (QED) is 0.773. The van der Waals surface area contributed by atoms with Crippen molar-refractivity contribution in [1.29, 1.82) is 0 Å². The van der Waals surface area contributed by atoms with Gasteiger partial charge in [-0.3, -0.25) is 9.59 Å². The zero-order valence-corrected chi connectivity index (χ0v) is 12.2. The Morgan fingerprint density at radius 3 is 2.73 bits per heavy atom. The van der Waals surface area contributed by atoms with Crippen LogP contribution >= 0.6 is 0 Å². The number of rotatable bonds is 5. The minimum absolute atomic E-state index is 0.0140.